The van der Waals surface area contributed by atoms with Crippen LogP contribution >= 0.6 is 0 Å². The Morgan fingerprint density at radius 2 is 1.94 bits per heavy atom. The van der Waals surface area contributed by atoms with Gasteiger partial charge in [-0.2, -0.15) is 13.2 Å². The number of nitrogens with one attached hydrogen (secondary N) is 2. The second kappa shape index (κ2) is 8.82. The summed E-state index contributed by atoms with van der Waals surface area (Å²) >= 11 is 0. The summed E-state index contributed by atoms with van der Waals surface area (Å²) in [7, 11) is 0. The first kappa shape index (κ1) is 21.5. The first-order valence-electron chi connectivity index (χ1n) is 10.6. The fourth-order valence-corrected chi connectivity index (χ4v) is 4.42. The van der Waals surface area contributed by atoms with Crippen molar-refractivity contribution in [1.82, 2.24) is 20.2 Å². The van der Waals surface area contributed by atoms with Crippen molar-refractivity contribution < 1.29 is 18.0 Å². The Bertz CT molecular complexity index is 950. The van der Waals surface area contributed by atoms with Gasteiger partial charge in [-0.05, 0) is 49.8 Å². The minimum Gasteiger partial charge on any atom is -0.360 e. The molecule has 0 radical (unpaired) electrons. The molecule has 6 nitrogen and oxygen atoms in total. The molecule has 166 valence electrons. The highest BCUT2D eigenvalue weighted by Gasteiger charge is 2.35. The molecule has 0 spiro atoms. The second-order valence-electron chi connectivity index (χ2n) is 8.33. The molecule has 0 unspecified atom stereocenters. The highest BCUT2D eigenvalue weighted by atomic mass is 19.4. The molecular formula is C22H26F3N5O. The molecular weight excluding hydrogens is 407 g/mol. The maximum absolute atomic E-state index is 13.0. The van der Waals surface area contributed by atoms with Gasteiger partial charge in [-0.1, -0.05) is 6.08 Å². The van der Waals surface area contributed by atoms with E-state index in [4.69, 9.17) is 0 Å². The van der Waals surface area contributed by atoms with Gasteiger partial charge >= 0.3 is 6.18 Å². The lowest BCUT2D eigenvalue weighted by Crippen LogP contribution is -2.63. The van der Waals surface area contributed by atoms with Gasteiger partial charge in [0.15, 0.2) is 0 Å². The number of carbonyl (C=O) groups excluding carboxylic acids is 1. The highest BCUT2D eigenvalue weighted by molar-refractivity contribution is 5.91. The van der Waals surface area contributed by atoms with Crippen LogP contribution in [0.1, 0.15) is 31.2 Å². The van der Waals surface area contributed by atoms with Gasteiger partial charge in [-0.3, -0.25) is 9.69 Å². The van der Waals surface area contributed by atoms with Crippen molar-refractivity contribution in [3.8, 4) is 0 Å². The van der Waals surface area contributed by atoms with E-state index >= 15 is 0 Å². The van der Waals surface area contributed by atoms with Crippen LogP contribution in [0.2, 0.25) is 0 Å². The molecule has 0 atom stereocenters. The summed E-state index contributed by atoms with van der Waals surface area (Å²) in [6.45, 7) is 5.48. The molecule has 0 bridgehead atoms. The molecule has 1 saturated heterocycles. The van der Waals surface area contributed by atoms with Crippen molar-refractivity contribution in [2.75, 3.05) is 25.0 Å². The fourth-order valence-electron chi connectivity index (χ4n) is 4.42. The smallest absolute Gasteiger partial charge is 0.360 e. The molecule has 1 amide bonds. The number of amides is 1. The molecule has 2 N–H and O–H groups in total. The van der Waals surface area contributed by atoms with Crippen LogP contribution in [0.5, 0.6) is 0 Å². The number of likely N-dealkylation sites (tertiary alicyclic amines) is 1. The number of aromatic nitrogens is 2. The average molecular weight is 433 g/mol. The number of nitrogens with zero attached hydrogens (tertiary/aromatic N) is 3. The number of alkyl halides is 3. The van der Waals surface area contributed by atoms with Crippen molar-refractivity contribution in [3.63, 3.8) is 0 Å². The lowest BCUT2D eigenvalue weighted by atomic mass is 9.84. The molecule has 1 saturated carbocycles. The maximum atomic E-state index is 13.0. The van der Waals surface area contributed by atoms with Crippen LogP contribution in [-0.4, -0.2) is 52.5 Å². The topological polar surface area (TPSA) is 70.2 Å². The monoisotopic (exact) mass is 433 g/mol. The minimum absolute atomic E-state index is 0.0662. The number of anilines is 1. The molecule has 1 aromatic carbocycles. The van der Waals surface area contributed by atoms with Crippen LogP contribution in [0.3, 0.4) is 0 Å². The number of carbonyl (C=O) groups is 1. The van der Waals surface area contributed by atoms with Crippen LogP contribution in [0, 0.1) is 5.92 Å². The molecule has 31 heavy (non-hydrogen) atoms. The van der Waals surface area contributed by atoms with Gasteiger partial charge in [0.05, 0.1) is 23.7 Å². The predicted molar refractivity (Wildman–Crippen MR) is 112 cm³/mol. The van der Waals surface area contributed by atoms with Crippen molar-refractivity contribution in [3.05, 3.63) is 42.7 Å². The number of fused-ring (bicyclic) bond motifs is 1. The van der Waals surface area contributed by atoms with Crippen LogP contribution < -0.4 is 10.6 Å². The van der Waals surface area contributed by atoms with E-state index < -0.39 is 11.7 Å². The summed E-state index contributed by atoms with van der Waals surface area (Å²) < 4.78 is 39.1. The lowest BCUT2D eigenvalue weighted by molar-refractivity contribution is -0.137. The van der Waals surface area contributed by atoms with E-state index in [1.165, 1.54) is 38.1 Å². The summed E-state index contributed by atoms with van der Waals surface area (Å²) in [6, 6.07) is 3.97. The SMILES string of the molecule is C=C[C@H]1CC[C@H](N2CC(NC(=O)CNc3ncnc4ccc(C(F)(F)F)cc34)C2)CC1. The Morgan fingerprint density at radius 1 is 1.19 bits per heavy atom. The van der Waals surface area contributed by atoms with E-state index in [0.29, 0.717) is 17.5 Å². The van der Waals surface area contributed by atoms with Crippen LogP contribution in [-0.2, 0) is 11.0 Å². The third-order valence-electron chi connectivity index (χ3n) is 6.25. The highest BCUT2D eigenvalue weighted by Crippen LogP contribution is 2.33. The van der Waals surface area contributed by atoms with Gasteiger partial charge in [0.25, 0.3) is 0 Å². The van der Waals surface area contributed by atoms with E-state index in [1.807, 2.05) is 6.08 Å². The van der Waals surface area contributed by atoms with E-state index in [2.05, 4.69) is 32.1 Å². The lowest BCUT2D eigenvalue weighted by Gasteiger charge is -2.46. The number of hydrogen-bond donors (Lipinski definition) is 2. The Hall–Kier alpha value is -2.68. The van der Waals surface area contributed by atoms with Gasteiger partial charge in [0.1, 0.15) is 12.1 Å². The number of benzene rings is 1. The third kappa shape index (κ3) is 4.98. The number of allylic oxidation sites excluding steroid dienone is 1. The molecule has 1 aliphatic heterocycles. The van der Waals surface area contributed by atoms with Crippen LogP contribution in [0.15, 0.2) is 37.2 Å². The molecule has 2 fully saturated rings. The Labute approximate surface area is 178 Å². The normalized spacial score (nSPS) is 22.7. The first-order chi connectivity index (χ1) is 14.8. The van der Waals surface area contributed by atoms with E-state index in [9.17, 15) is 18.0 Å². The fraction of sp³-hybridized carbons (Fsp3) is 0.500. The number of halogens is 3. The molecule has 2 aromatic rings. The zero-order chi connectivity index (χ0) is 22.0. The van der Waals surface area contributed by atoms with Crippen LogP contribution in [0.25, 0.3) is 10.9 Å². The summed E-state index contributed by atoms with van der Waals surface area (Å²) in [4.78, 5) is 22.7. The maximum Gasteiger partial charge on any atom is 0.416 e. The van der Waals surface area contributed by atoms with Gasteiger partial charge in [-0.25, -0.2) is 9.97 Å². The van der Waals surface area contributed by atoms with Crippen molar-refractivity contribution in [1.29, 1.82) is 0 Å². The zero-order valence-corrected chi connectivity index (χ0v) is 17.2. The Morgan fingerprint density at radius 3 is 2.61 bits per heavy atom. The van der Waals surface area contributed by atoms with Crippen molar-refractivity contribution in [2.45, 2.75) is 43.9 Å². The summed E-state index contributed by atoms with van der Waals surface area (Å²) in [6.07, 6.45) is 3.54. The largest absolute Gasteiger partial charge is 0.416 e. The summed E-state index contributed by atoms with van der Waals surface area (Å²) in [5.74, 6) is 0.628. The van der Waals surface area contributed by atoms with E-state index in [-0.39, 0.29) is 29.7 Å². The molecule has 9 heteroatoms. The molecule has 4 rings (SSSR count). The molecule has 1 aliphatic carbocycles. The summed E-state index contributed by atoms with van der Waals surface area (Å²) in [5, 5.41) is 6.06. The average Bonchev–Trinajstić information content (AvgIpc) is 2.73. The predicted octanol–water partition coefficient (Wildman–Crippen LogP) is 3.61. The minimum atomic E-state index is -4.46. The number of rotatable bonds is 6. The molecule has 2 aliphatic rings. The quantitative estimate of drug-likeness (QED) is 0.682. The Balaban J connectivity index is 1.28. The molecule has 1 aromatic heterocycles. The van der Waals surface area contributed by atoms with Gasteiger partial charge < -0.3 is 10.6 Å². The molecule has 2 heterocycles. The van der Waals surface area contributed by atoms with Crippen molar-refractivity contribution in [2.24, 2.45) is 5.92 Å². The van der Waals surface area contributed by atoms with Gasteiger partial charge in [0.2, 0.25) is 5.91 Å². The summed E-state index contributed by atoms with van der Waals surface area (Å²) in [5.41, 5.74) is -0.397. The van der Waals surface area contributed by atoms with Gasteiger partial charge in [0, 0.05) is 24.5 Å². The number of hydrogen-bond acceptors (Lipinski definition) is 5. The van der Waals surface area contributed by atoms with E-state index in [1.54, 1.807) is 0 Å². The zero-order valence-electron chi connectivity index (χ0n) is 17.2. The second-order valence-corrected chi connectivity index (χ2v) is 8.33. The first-order valence-corrected chi connectivity index (χ1v) is 10.6. The van der Waals surface area contributed by atoms with Crippen molar-refractivity contribution >= 4 is 22.6 Å². The Kier molecular flexibility index (Phi) is 6.13. The van der Waals surface area contributed by atoms with E-state index in [0.717, 1.165) is 25.2 Å². The standard InChI is InChI=1S/C22H26F3N5O/c1-2-14-3-6-17(7-4-14)30-11-16(12-30)29-20(31)10-26-21-18-9-15(22(23,24)25)5-8-19(18)27-13-28-21/h2,5,8-9,13-14,16-17H,1,3-4,6-7,10-12H2,(H,29,31)(H,26,27,28)/t14-,17-. The third-order valence-corrected chi connectivity index (χ3v) is 6.25. The van der Waals surface area contributed by atoms with Crippen LogP contribution in [0.4, 0.5) is 19.0 Å². The van der Waals surface area contributed by atoms with Gasteiger partial charge in [-0.15, -0.1) is 6.58 Å².